The molecule has 6 heteroatoms. The maximum Gasteiger partial charge on any atom is 0.411 e. The minimum atomic E-state index is -0.643. The van der Waals surface area contributed by atoms with Crippen molar-refractivity contribution in [1.82, 2.24) is 4.90 Å². The molecule has 0 radical (unpaired) electrons. The van der Waals surface area contributed by atoms with Crippen LogP contribution >= 0.6 is 0 Å². The lowest BCUT2D eigenvalue weighted by Gasteiger charge is -2.29. The number of likely N-dealkylation sites (tertiary alicyclic amines) is 1. The monoisotopic (exact) mass is 285 g/mol. The smallest absolute Gasteiger partial charge is 0.411 e. The number of aliphatic hydroxyl groups is 1. The number of piperidine rings is 1. The molecular formula is C14H23NO5. The molecule has 6 nitrogen and oxygen atoms in total. The average Bonchev–Trinajstić information content (AvgIpc) is 2.93. The zero-order valence-electron chi connectivity index (χ0n) is 12.5. The number of fused-ring (bicyclic) bond motifs is 1. The van der Waals surface area contributed by atoms with Crippen molar-refractivity contribution in [3.05, 3.63) is 0 Å². The SMILES string of the molecule is CCOC(=O)[C@@H]1C[C@@]2(CO)CC2N1C(=O)OC(C)(C)C. The number of carbonyl (C=O) groups excluding carboxylic acids is 2. The van der Waals surface area contributed by atoms with Gasteiger partial charge in [-0.15, -0.1) is 0 Å². The van der Waals surface area contributed by atoms with Gasteiger partial charge in [-0.3, -0.25) is 4.90 Å². The van der Waals surface area contributed by atoms with Gasteiger partial charge in [0.1, 0.15) is 11.6 Å². The molecule has 1 saturated carbocycles. The van der Waals surface area contributed by atoms with Crippen LogP contribution < -0.4 is 0 Å². The van der Waals surface area contributed by atoms with Gasteiger partial charge in [-0.1, -0.05) is 0 Å². The Bertz CT molecular complexity index is 416. The summed E-state index contributed by atoms with van der Waals surface area (Å²) < 4.78 is 10.4. The lowest BCUT2D eigenvalue weighted by molar-refractivity contribution is -0.149. The first-order valence-corrected chi connectivity index (χ1v) is 7.03. The summed E-state index contributed by atoms with van der Waals surface area (Å²) in [5, 5.41) is 9.50. The van der Waals surface area contributed by atoms with Gasteiger partial charge in [0, 0.05) is 11.5 Å². The van der Waals surface area contributed by atoms with Crippen molar-refractivity contribution in [3.8, 4) is 0 Å². The summed E-state index contributed by atoms with van der Waals surface area (Å²) in [7, 11) is 0. The first-order valence-electron chi connectivity index (χ1n) is 7.03. The van der Waals surface area contributed by atoms with E-state index >= 15 is 0 Å². The predicted octanol–water partition coefficient (Wildman–Crippen LogP) is 1.31. The fourth-order valence-corrected chi connectivity index (χ4v) is 2.88. The Labute approximate surface area is 119 Å². The molecule has 0 aromatic rings. The number of esters is 1. The molecule has 0 spiro atoms. The van der Waals surface area contributed by atoms with E-state index in [4.69, 9.17) is 9.47 Å². The van der Waals surface area contributed by atoms with Crippen LogP contribution in [0.4, 0.5) is 4.79 Å². The molecule has 1 N–H and O–H groups in total. The molecule has 1 unspecified atom stereocenters. The van der Waals surface area contributed by atoms with E-state index in [2.05, 4.69) is 0 Å². The first kappa shape index (κ1) is 15.1. The fourth-order valence-electron chi connectivity index (χ4n) is 2.88. The molecule has 2 rings (SSSR count). The Morgan fingerprint density at radius 3 is 2.50 bits per heavy atom. The Balaban J connectivity index is 2.15. The second kappa shape index (κ2) is 4.91. The fraction of sp³-hybridized carbons (Fsp3) is 0.857. The number of ether oxygens (including phenoxy) is 2. The minimum Gasteiger partial charge on any atom is -0.464 e. The van der Waals surface area contributed by atoms with Crippen molar-refractivity contribution in [2.75, 3.05) is 13.2 Å². The third-order valence-electron chi connectivity index (χ3n) is 3.90. The van der Waals surface area contributed by atoms with Crippen LogP contribution in [0.25, 0.3) is 0 Å². The van der Waals surface area contributed by atoms with Crippen LogP contribution in [0.1, 0.15) is 40.5 Å². The average molecular weight is 285 g/mol. The van der Waals surface area contributed by atoms with E-state index in [9.17, 15) is 14.7 Å². The quantitative estimate of drug-likeness (QED) is 0.791. The molecule has 20 heavy (non-hydrogen) atoms. The van der Waals surface area contributed by atoms with E-state index < -0.39 is 23.7 Å². The highest BCUT2D eigenvalue weighted by atomic mass is 16.6. The topological polar surface area (TPSA) is 76.1 Å². The summed E-state index contributed by atoms with van der Waals surface area (Å²) in [5.41, 5.74) is -0.954. The van der Waals surface area contributed by atoms with Crippen LogP contribution in [0.3, 0.4) is 0 Å². The summed E-state index contributed by atoms with van der Waals surface area (Å²) in [6, 6.07) is -0.757. The summed E-state index contributed by atoms with van der Waals surface area (Å²) in [6.07, 6.45) is 0.665. The van der Waals surface area contributed by atoms with Crippen LogP contribution in [-0.4, -0.2) is 53.0 Å². The van der Waals surface area contributed by atoms with Gasteiger partial charge >= 0.3 is 12.1 Å². The maximum atomic E-state index is 12.3. The van der Waals surface area contributed by atoms with Crippen molar-refractivity contribution >= 4 is 12.1 Å². The third-order valence-corrected chi connectivity index (χ3v) is 3.90. The Hall–Kier alpha value is -1.30. The standard InChI is InChI=1S/C14H23NO5/c1-5-19-11(17)9-6-14(8-16)7-10(14)15(9)12(18)20-13(2,3)4/h9-10,16H,5-8H2,1-4H3/t9-,10?,14-/m0/s1. The lowest BCUT2D eigenvalue weighted by Crippen LogP contribution is -2.46. The van der Waals surface area contributed by atoms with Crippen molar-refractivity contribution in [3.63, 3.8) is 0 Å². The Morgan fingerprint density at radius 1 is 1.35 bits per heavy atom. The number of aliphatic hydroxyl groups excluding tert-OH is 1. The molecule has 1 aliphatic carbocycles. The molecule has 1 heterocycles. The zero-order chi connectivity index (χ0) is 15.1. The molecule has 0 aromatic carbocycles. The second-order valence-corrected chi connectivity index (χ2v) is 6.60. The van der Waals surface area contributed by atoms with Crippen molar-refractivity contribution in [1.29, 1.82) is 0 Å². The molecule has 0 aromatic heterocycles. The Morgan fingerprint density at radius 2 is 2.00 bits per heavy atom. The summed E-state index contributed by atoms with van der Waals surface area (Å²) in [6.45, 7) is 7.33. The number of carbonyl (C=O) groups is 2. The molecular weight excluding hydrogens is 262 g/mol. The third kappa shape index (κ3) is 2.61. The molecule has 114 valence electrons. The van der Waals surface area contributed by atoms with Gasteiger partial charge in [-0.05, 0) is 40.5 Å². The maximum absolute atomic E-state index is 12.3. The molecule has 1 aliphatic heterocycles. The zero-order valence-corrected chi connectivity index (χ0v) is 12.5. The highest BCUT2D eigenvalue weighted by Crippen LogP contribution is 2.59. The first-order chi connectivity index (χ1) is 9.24. The second-order valence-electron chi connectivity index (χ2n) is 6.60. The molecule has 1 saturated heterocycles. The molecule has 2 aliphatic rings. The van der Waals surface area contributed by atoms with Crippen LogP contribution in [-0.2, 0) is 14.3 Å². The van der Waals surface area contributed by atoms with Crippen molar-refractivity contribution in [2.45, 2.75) is 58.2 Å². The summed E-state index contributed by atoms with van der Waals surface area (Å²) in [5.74, 6) is -0.418. The van der Waals surface area contributed by atoms with Crippen LogP contribution in [0.2, 0.25) is 0 Å². The number of amides is 1. The van der Waals surface area contributed by atoms with Crippen LogP contribution in [0.15, 0.2) is 0 Å². The van der Waals surface area contributed by atoms with E-state index in [1.165, 1.54) is 4.90 Å². The van der Waals surface area contributed by atoms with Crippen molar-refractivity contribution in [2.24, 2.45) is 5.41 Å². The van der Waals surface area contributed by atoms with E-state index in [-0.39, 0.29) is 24.7 Å². The number of hydrogen-bond acceptors (Lipinski definition) is 5. The molecule has 0 bridgehead atoms. The van der Waals surface area contributed by atoms with E-state index in [1.54, 1.807) is 27.7 Å². The van der Waals surface area contributed by atoms with Crippen LogP contribution in [0.5, 0.6) is 0 Å². The molecule has 2 fully saturated rings. The summed E-state index contributed by atoms with van der Waals surface area (Å²) >= 11 is 0. The number of hydrogen-bond donors (Lipinski definition) is 1. The van der Waals surface area contributed by atoms with Crippen LogP contribution in [0, 0.1) is 5.41 Å². The van der Waals surface area contributed by atoms with E-state index in [0.717, 1.165) is 6.42 Å². The highest BCUT2D eigenvalue weighted by Gasteiger charge is 2.68. The largest absolute Gasteiger partial charge is 0.464 e. The van der Waals surface area contributed by atoms with Gasteiger partial charge in [0.05, 0.1) is 13.2 Å². The molecule has 3 atom stereocenters. The lowest BCUT2D eigenvalue weighted by atomic mass is 10.0. The number of rotatable bonds is 3. The predicted molar refractivity (Wildman–Crippen MR) is 71.0 cm³/mol. The van der Waals surface area contributed by atoms with Gasteiger partial charge in [0.15, 0.2) is 0 Å². The normalized spacial score (nSPS) is 31.8. The minimum absolute atomic E-state index is 0.0210. The Kier molecular flexibility index (Phi) is 3.71. The van der Waals surface area contributed by atoms with Gasteiger partial charge in [0.2, 0.25) is 0 Å². The van der Waals surface area contributed by atoms with Gasteiger partial charge in [-0.2, -0.15) is 0 Å². The molecule has 1 amide bonds. The van der Waals surface area contributed by atoms with Crippen molar-refractivity contribution < 1.29 is 24.2 Å². The number of nitrogens with zero attached hydrogens (tertiary/aromatic N) is 1. The van der Waals surface area contributed by atoms with E-state index in [1.807, 2.05) is 0 Å². The van der Waals surface area contributed by atoms with Gasteiger partial charge in [0.25, 0.3) is 0 Å². The summed E-state index contributed by atoms with van der Waals surface area (Å²) in [4.78, 5) is 25.7. The van der Waals surface area contributed by atoms with E-state index in [0.29, 0.717) is 6.42 Å². The van der Waals surface area contributed by atoms with Gasteiger partial charge < -0.3 is 14.6 Å². The highest BCUT2D eigenvalue weighted by molar-refractivity contribution is 5.83. The van der Waals surface area contributed by atoms with Gasteiger partial charge in [-0.25, -0.2) is 9.59 Å².